The molecule has 0 aliphatic carbocycles. The van der Waals surface area contributed by atoms with Crippen LogP contribution >= 0.6 is 0 Å². The van der Waals surface area contributed by atoms with E-state index in [0.717, 1.165) is 11.1 Å². The third kappa shape index (κ3) is 2.72. The number of hydrogen-bond acceptors (Lipinski definition) is 1. The summed E-state index contributed by atoms with van der Waals surface area (Å²) in [6.45, 7) is 0. The first kappa shape index (κ1) is 12.5. The van der Waals surface area contributed by atoms with E-state index in [-0.39, 0.29) is 17.1 Å². The third-order valence-electron chi connectivity index (χ3n) is 2.18. The zero-order valence-electron chi connectivity index (χ0n) is 8.33. The first-order chi connectivity index (χ1) is 7.27. The number of benzene rings is 2. The molecule has 81 valence electrons. The van der Waals surface area contributed by atoms with Gasteiger partial charge in [-0.15, -0.1) is 0 Å². The average Bonchev–Trinajstić information content (AvgIpc) is 2.30. The Bertz CT molecular complexity index is 463. The number of carboxylic acids is 1. The molecule has 2 aromatic rings. The van der Waals surface area contributed by atoms with Gasteiger partial charge in [0, 0.05) is 17.1 Å². The van der Waals surface area contributed by atoms with Gasteiger partial charge in [0.05, 0.1) is 5.56 Å². The molecule has 0 aliphatic rings. The monoisotopic (exact) mass is 253 g/mol. The van der Waals surface area contributed by atoms with Crippen LogP contribution in [0.5, 0.6) is 0 Å². The van der Waals surface area contributed by atoms with Crippen LogP contribution in [-0.4, -0.2) is 11.1 Å². The number of carboxylic acid groups (broad SMARTS) is 1. The molecule has 0 aromatic heterocycles. The van der Waals surface area contributed by atoms with Crippen molar-refractivity contribution in [1.29, 1.82) is 0 Å². The summed E-state index contributed by atoms with van der Waals surface area (Å²) in [5, 5.41) is 8.74. The molecule has 16 heavy (non-hydrogen) atoms. The second kappa shape index (κ2) is 5.50. The second-order valence-corrected chi connectivity index (χ2v) is 3.17. The van der Waals surface area contributed by atoms with E-state index in [9.17, 15) is 4.79 Å². The maximum absolute atomic E-state index is 10.6. The van der Waals surface area contributed by atoms with Gasteiger partial charge in [0.25, 0.3) is 0 Å². The molecule has 1 N–H and O–H groups in total. The molecule has 0 bridgehead atoms. The molecule has 0 fully saturated rings. The molecular formula is C13H9FeO2. The first-order valence-corrected chi connectivity index (χ1v) is 4.57. The van der Waals surface area contributed by atoms with Crippen molar-refractivity contribution in [1.82, 2.24) is 0 Å². The third-order valence-corrected chi connectivity index (χ3v) is 2.18. The van der Waals surface area contributed by atoms with Crippen molar-refractivity contribution in [2.24, 2.45) is 0 Å². The largest absolute Gasteiger partial charge is 0.478 e. The maximum atomic E-state index is 10.6. The summed E-state index contributed by atoms with van der Waals surface area (Å²) in [5.74, 6) is -0.900. The average molecular weight is 253 g/mol. The van der Waals surface area contributed by atoms with E-state index in [4.69, 9.17) is 5.11 Å². The van der Waals surface area contributed by atoms with Crippen molar-refractivity contribution >= 4 is 5.97 Å². The number of rotatable bonds is 2. The Hall–Kier alpha value is -1.57. The smallest absolute Gasteiger partial charge is 0.335 e. The minimum atomic E-state index is -0.900. The molecule has 2 rings (SSSR count). The van der Waals surface area contributed by atoms with E-state index >= 15 is 0 Å². The van der Waals surface area contributed by atoms with Gasteiger partial charge in [-0.2, -0.15) is 0 Å². The van der Waals surface area contributed by atoms with Gasteiger partial charge in [0.1, 0.15) is 0 Å². The van der Waals surface area contributed by atoms with Gasteiger partial charge in [-0.05, 0) is 29.3 Å². The molecular weight excluding hydrogens is 244 g/mol. The second-order valence-electron chi connectivity index (χ2n) is 3.17. The van der Waals surface area contributed by atoms with Crippen molar-refractivity contribution < 1.29 is 27.0 Å². The van der Waals surface area contributed by atoms with Crippen LogP contribution in [0.4, 0.5) is 0 Å². The predicted octanol–water partition coefficient (Wildman–Crippen LogP) is 2.85. The zero-order chi connectivity index (χ0) is 10.7. The SMILES string of the molecule is O=C(O)c1ccc(-c2cc[c]cc2)cc1.[Fe]. The van der Waals surface area contributed by atoms with E-state index in [1.807, 2.05) is 24.3 Å². The van der Waals surface area contributed by atoms with Crippen LogP contribution in [0.3, 0.4) is 0 Å². The van der Waals surface area contributed by atoms with E-state index in [0.29, 0.717) is 5.56 Å². The molecule has 0 saturated carbocycles. The molecule has 0 atom stereocenters. The Morgan fingerprint density at radius 3 is 1.94 bits per heavy atom. The van der Waals surface area contributed by atoms with E-state index < -0.39 is 5.97 Å². The molecule has 2 aromatic carbocycles. The summed E-state index contributed by atoms with van der Waals surface area (Å²) in [6, 6.07) is 17.3. The Balaban J connectivity index is 0.00000128. The van der Waals surface area contributed by atoms with Gasteiger partial charge < -0.3 is 5.11 Å². The quantitative estimate of drug-likeness (QED) is 0.835. The van der Waals surface area contributed by atoms with Gasteiger partial charge in [-0.25, -0.2) is 4.79 Å². The van der Waals surface area contributed by atoms with Gasteiger partial charge in [-0.3, -0.25) is 0 Å². The van der Waals surface area contributed by atoms with Crippen LogP contribution in [0, 0.1) is 6.07 Å². The van der Waals surface area contributed by atoms with Gasteiger partial charge in [0.15, 0.2) is 0 Å². The Kier molecular flexibility index (Phi) is 4.29. The molecule has 0 amide bonds. The van der Waals surface area contributed by atoms with E-state index in [2.05, 4.69) is 6.07 Å². The van der Waals surface area contributed by atoms with Crippen LogP contribution in [0.1, 0.15) is 10.4 Å². The minimum absolute atomic E-state index is 0. The fourth-order valence-corrected chi connectivity index (χ4v) is 1.38. The number of aromatic carboxylic acids is 1. The van der Waals surface area contributed by atoms with Crippen molar-refractivity contribution in [2.45, 2.75) is 0 Å². The summed E-state index contributed by atoms with van der Waals surface area (Å²) in [4.78, 5) is 10.6. The molecule has 0 spiro atoms. The molecule has 0 aliphatic heterocycles. The Morgan fingerprint density at radius 2 is 1.44 bits per heavy atom. The fraction of sp³-hybridized carbons (Fsp3) is 0. The van der Waals surface area contributed by atoms with Crippen molar-refractivity contribution in [3.63, 3.8) is 0 Å². The van der Waals surface area contributed by atoms with Gasteiger partial charge in [-0.1, -0.05) is 36.4 Å². The maximum Gasteiger partial charge on any atom is 0.335 e. The molecule has 1 radical (unpaired) electrons. The molecule has 0 heterocycles. The van der Waals surface area contributed by atoms with Crippen LogP contribution < -0.4 is 0 Å². The van der Waals surface area contributed by atoms with E-state index in [1.54, 1.807) is 24.3 Å². The summed E-state index contributed by atoms with van der Waals surface area (Å²) < 4.78 is 0. The molecule has 2 nitrogen and oxygen atoms in total. The van der Waals surface area contributed by atoms with Gasteiger partial charge in [0.2, 0.25) is 0 Å². The topological polar surface area (TPSA) is 37.3 Å². The van der Waals surface area contributed by atoms with Crippen LogP contribution in [0.25, 0.3) is 11.1 Å². The zero-order valence-corrected chi connectivity index (χ0v) is 9.43. The van der Waals surface area contributed by atoms with Crippen LogP contribution in [-0.2, 0) is 17.1 Å². The molecule has 0 saturated heterocycles. The van der Waals surface area contributed by atoms with Crippen LogP contribution in [0.2, 0.25) is 0 Å². The summed E-state index contributed by atoms with van der Waals surface area (Å²) >= 11 is 0. The van der Waals surface area contributed by atoms with Crippen molar-refractivity contribution in [2.75, 3.05) is 0 Å². The molecule has 3 heteroatoms. The first-order valence-electron chi connectivity index (χ1n) is 4.57. The fourth-order valence-electron chi connectivity index (χ4n) is 1.38. The number of hydrogen-bond donors (Lipinski definition) is 1. The Morgan fingerprint density at radius 1 is 0.938 bits per heavy atom. The summed E-state index contributed by atoms with van der Waals surface area (Å²) in [7, 11) is 0. The number of carbonyl (C=O) groups is 1. The van der Waals surface area contributed by atoms with E-state index in [1.165, 1.54) is 0 Å². The predicted molar refractivity (Wildman–Crippen MR) is 57.7 cm³/mol. The van der Waals surface area contributed by atoms with Crippen LogP contribution in [0.15, 0.2) is 48.5 Å². The van der Waals surface area contributed by atoms with Crippen molar-refractivity contribution in [3.8, 4) is 11.1 Å². The van der Waals surface area contributed by atoms with Crippen molar-refractivity contribution in [3.05, 3.63) is 60.2 Å². The summed E-state index contributed by atoms with van der Waals surface area (Å²) in [5.41, 5.74) is 2.38. The van der Waals surface area contributed by atoms with Gasteiger partial charge >= 0.3 is 5.97 Å². The minimum Gasteiger partial charge on any atom is -0.478 e. The Labute approximate surface area is 104 Å². The summed E-state index contributed by atoms with van der Waals surface area (Å²) in [6.07, 6.45) is 0. The normalized spacial score (nSPS) is 9.25. The molecule has 0 unspecified atom stereocenters. The standard InChI is InChI=1S/C13H9O2.Fe/c14-13(15)12-8-6-11(7-9-12)10-4-2-1-3-5-10;/h2-9H,(H,14,15);.